The number of nitrogens with zero attached hydrogens (tertiary/aromatic N) is 1. The number of nitrogens with one attached hydrogen (secondary N) is 1. The molecule has 0 aromatic heterocycles. The Labute approximate surface area is 157 Å². The second-order valence-corrected chi connectivity index (χ2v) is 5.95. The van der Waals surface area contributed by atoms with Crippen LogP contribution < -0.4 is 5.32 Å². The molecule has 0 spiro atoms. The van der Waals surface area contributed by atoms with E-state index in [0.29, 0.717) is 13.0 Å². The van der Waals surface area contributed by atoms with E-state index in [0.717, 1.165) is 4.90 Å². The lowest BCUT2D eigenvalue weighted by Crippen LogP contribution is -2.35. The quantitative estimate of drug-likeness (QED) is 0.301. The van der Waals surface area contributed by atoms with Crippen molar-refractivity contribution in [2.24, 2.45) is 0 Å². The zero-order valence-electron chi connectivity index (χ0n) is 15.3. The largest absolute Gasteiger partial charge is 0.449 e. The van der Waals surface area contributed by atoms with Crippen molar-refractivity contribution in [2.75, 3.05) is 26.8 Å². The third-order valence-corrected chi connectivity index (χ3v) is 4.01. The van der Waals surface area contributed by atoms with Crippen molar-refractivity contribution in [3.8, 4) is 0 Å². The van der Waals surface area contributed by atoms with Gasteiger partial charge in [0.05, 0.1) is 16.7 Å². The van der Waals surface area contributed by atoms with Gasteiger partial charge >= 0.3 is 5.97 Å². The maximum Gasteiger partial charge on any atom is 0.338 e. The molecule has 27 heavy (non-hydrogen) atoms. The zero-order chi connectivity index (χ0) is 20.0. The summed E-state index contributed by atoms with van der Waals surface area (Å²) < 4.78 is 10.0. The van der Waals surface area contributed by atoms with E-state index in [-0.39, 0.29) is 29.8 Å². The van der Waals surface area contributed by atoms with Crippen LogP contribution in [0.1, 0.15) is 44.4 Å². The van der Waals surface area contributed by atoms with E-state index in [2.05, 4.69) is 11.9 Å². The van der Waals surface area contributed by atoms with Crippen LogP contribution in [0.4, 0.5) is 0 Å². The molecular weight excluding hydrogens is 352 g/mol. The third-order valence-electron chi connectivity index (χ3n) is 4.01. The van der Waals surface area contributed by atoms with Crippen molar-refractivity contribution in [2.45, 2.75) is 19.4 Å². The zero-order valence-corrected chi connectivity index (χ0v) is 15.3. The molecule has 0 saturated heterocycles. The van der Waals surface area contributed by atoms with Gasteiger partial charge in [-0.1, -0.05) is 6.08 Å². The van der Waals surface area contributed by atoms with Crippen LogP contribution >= 0.6 is 0 Å². The molecular formula is C19H22N2O6. The number of carbonyl (C=O) groups is 4. The van der Waals surface area contributed by atoms with Gasteiger partial charge in [0.2, 0.25) is 0 Å². The average Bonchev–Trinajstić information content (AvgIpc) is 2.90. The van der Waals surface area contributed by atoms with E-state index in [1.807, 2.05) is 0 Å². The standard InChI is InChI=1S/C19H22N2O6/c1-4-8-20-16(22)12(2)27-19(25)13-6-7-14-15(11-13)18(24)21(17(14)23)9-5-10-26-3/h4,6-7,11-12H,1,5,8-10H2,2-3H3,(H,20,22)/t12-/m0/s1. The lowest BCUT2D eigenvalue weighted by atomic mass is 10.1. The van der Waals surface area contributed by atoms with Gasteiger partial charge in [-0.05, 0) is 31.5 Å². The van der Waals surface area contributed by atoms with Crippen molar-refractivity contribution in [1.29, 1.82) is 0 Å². The number of amides is 3. The smallest absolute Gasteiger partial charge is 0.338 e. The monoisotopic (exact) mass is 374 g/mol. The van der Waals surface area contributed by atoms with Crippen LogP contribution in [-0.2, 0) is 14.3 Å². The van der Waals surface area contributed by atoms with Crippen LogP contribution in [0.3, 0.4) is 0 Å². The Hall–Kier alpha value is -3.00. The minimum absolute atomic E-state index is 0.0945. The van der Waals surface area contributed by atoms with Gasteiger partial charge in [-0.3, -0.25) is 19.3 Å². The number of fused-ring (bicyclic) bond motifs is 1. The molecule has 8 nitrogen and oxygen atoms in total. The first kappa shape index (κ1) is 20.3. The fraction of sp³-hybridized carbons (Fsp3) is 0.368. The third kappa shape index (κ3) is 4.59. The number of esters is 1. The van der Waals surface area contributed by atoms with Crippen LogP contribution in [0.15, 0.2) is 30.9 Å². The lowest BCUT2D eigenvalue weighted by molar-refractivity contribution is -0.128. The minimum atomic E-state index is -1.01. The van der Waals surface area contributed by atoms with Crippen molar-refractivity contribution in [3.63, 3.8) is 0 Å². The van der Waals surface area contributed by atoms with E-state index < -0.39 is 29.8 Å². The molecule has 3 amide bonds. The van der Waals surface area contributed by atoms with E-state index in [4.69, 9.17) is 9.47 Å². The first-order valence-electron chi connectivity index (χ1n) is 8.49. The summed E-state index contributed by atoms with van der Waals surface area (Å²) in [5.41, 5.74) is 0.485. The highest BCUT2D eigenvalue weighted by Gasteiger charge is 2.35. The second-order valence-electron chi connectivity index (χ2n) is 5.95. The molecule has 0 unspecified atom stereocenters. The Bertz CT molecular complexity index is 773. The molecule has 0 bridgehead atoms. The maximum absolute atomic E-state index is 12.5. The highest BCUT2D eigenvalue weighted by molar-refractivity contribution is 6.22. The van der Waals surface area contributed by atoms with E-state index in [9.17, 15) is 19.2 Å². The van der Waals surface area contributed by atoms with E-state index in [1.54, 1.807) is 7.11 Å². The summed E-state index contributed by atoms with van der Waals surface area (Å²) >= 11 is 0. The SMILES string of the molecule is C=CCNC(=O)[C@H](C)OC(=O)c1ccc2c(c1)C(=O)N(CCCOC)C2=O. The van der Waals surface area contributed by atoms with Gasteiger partial charge in [-0.2, -0.15) is 0 Å². The highest BCUT2D eigenvalue weighted by atomic mass is 16.5. The van der Waals surface area contributed by atoms with Crippen LogP contribution in [0.5, 0.6) is 0 Å². The van der Waals surface area contributed by atoms with Crippen molar-refractivity contribution in [3.05, 3.63) is 47.5 Å². The van der Waals surface area contributed by atoms with Crippen molar-refractivity contribution in [1.82, 2.24) is 10.2 Å². The highest BCUT2D eigenvalue weighted by Crippen LogP contribution is 2.24. The molecule has 8 heteroatoms. The number of hydrogen-bond donors (Lipinski definition) is 1. The summed E-state index contributed by atoms with van der Waals surface area (Å²) in [6.45, 7) is 5.85. The average molecular weight is 374 g/mol. The molecule has 144 valence electrons. The number of carbonyl (C=O) groups excluding carboxylic acids is 4. The normalized spacial score (nSPS) is 13.9. The predicted octanol–water partition coefficient (Wildman–Crippen LogP) is 1.17. The van der Waals surface area contributed by atoms with Gasteiger partial charge in [-0.25, -0.2) is 4.79 Å². The van der Waals surface area contributed by atoms with Crippen molar-refractivity contribution >= 4 is 23.7 Å². The number of rotatable bonds is 9. The van der Waals surface area contributed by atoms with Gasteiger partial charge < -0.3 is 14.8 Å². The summed E-state index contributed by atoms with van der Waals surface area (Å²) in [5.74, 6) is -2.07. The molecule has 1 aromatic carbocycles. The lowest BCUT2D eigenvalue weighted by Gasteiger charge is -2.13. The maximum atomic E-state index is 12.5. The Morgan fingerprint density at radius 3 is 2.63 bits per heavy atom. The first-order chi connectivity index (χ1) is 12.9. The minimum Gasteiger partial charge on any atom is -0.449 e. The van der Waals surface area contributed by atoms with Gasteiger partial charge in [0, 0.05) is 26.8 Å². The van der Waals surface area contributed by atoms with Crippen LogP contribution in [0.25, 0.3) is 0 Å². The molecule has 1 aromatic rings. The number of ether oxygens (including phenoxy) is 2. The molecule has 0 saturated carbocycles. The van der Waals surface area contributed by atoms with Gasteiger partial charge in [0.15, 0.2) is 6.10 Å². The van der Waals surface area contributed by atoms with E-state index in [1.165, 1.54) is 31.2 Å². The molecule has 0 aliphatic carbocycles. The van der Waals surface area contributed by atoms with Crippen LogP contribution in [0, 0.1) is 0 Å². The Morgan fingerprint density at radius 2 is 1.96 bits per heavy atom. The summed E-state index contributed by atoms with van der Waals surface area (Å²) in [7, 11) is 1.54. The summed E-state index contributed by atoms with van der Waals surface area (Å²) in [6, 6.07) is 4.15. The van der Waals surface area contributed by atoms with Gasteiger partial charge in [0.25, 0.3) is 17.7 Å². The van der Waals surface area contributed by atoms with Crippen molar-refractivity contribution < 1.29 is 28.7 Å². The van der Waals surface area contributed by atoms with Gasteiger partial charge in [-0.15, -0.1) is 6.58 Å². The second kappa shape index (κ2) is 9.09. The number of benzene rings is 1. The first-order valence-corrected chi connectivity index (χ1v) is 8.49. The van der Waals surface area contributed by atoms with Gasteiger partial charge in [0.1, 0.15) is 0 Å². The topological polar surface area (TPSA) is 102 Å². The molecule has 0 radical (unpaired) electrons. The Morgan fingerprint density at radius 1 is 1.26 bits per heavy atom. The van der Waals surface area contributed by atoms with Crippen LogP contribution in [-0.4, -0.2) is 61.5 Å². The number of hydrogen-bond acceptors (Lipinski definition) is 6. The molecule has 2 rings (SSSR count). The number of imide groups is 1. The van der Waals surface area contributed by atoms with Crippen LogP contribution in [0.2, 0.25) is 0 Å². The molecule has 1 atom stereocenters. The Kier molecular flexibility index (Phi) is 6.84. The predicted molar refractivity (Wildman–Crippen MR) is 96.4 cm³/mol. The molecule has 1 aliphatic rings. The summed E-state index contributed by atoms with van der Waals surface area (Å²) in [5, 5.41) is 2.52. The molecule has 0 fully saturated rings. The summed E-state index contributed by atoms with van der Waals surface area (Å²) in [4.78, 5) is 50.0. The van der Waals surface area contributed by atoms with E-state index >= 15 is 0 Å². The fourth-order valence-corrected chi connectivity index (χ4v) is 2.59. The fourth-order valence-electron chi connectivity index (χ4n) is 2.59. The molecule has 1 aliphatic heterocycles. The summed E-state index contributed by atoms with van der Waals surface area (Å²) in [6.07, 6.45) is 1.02. The Balaban J connectivity index is 2.09. The molecule has 1 heterocycles. The molecule has 1 N–H and O–H groups in total. The number of methoxy groups -OCH3 is 1.